The number of aromatic nitrogens is 2. The summed E-state index contributed by atoms with van der Waals surface area (Å²) in [7, 11) is 0. The van der Waals surface area contributed by atoms with Crippen LogP contribution < -0.4 is 5.32 Å². The first-order chi connectivity index (χ1) is 8.25. The zero-order chi connectivity index (χ0) is 12.1. The summed E-state index contributed by atoms with van der Waals surface area (Å²) in [5, 5.41) is 3.77. The van der Waals surface area contributed by atoms with Gasteiger partial charge in [0.15, 0.2) is 0 Å². The molecule has 2 rings (SSSR count). The Kier molecular flexibility index (Phi) is 5.04. The van der Waals surface area contributed by atoms with Crippen LogP contribution in [0.5, 0.6) is 0 Å². The number of hydrogen-bond acceptors (Lipinski definition) is 3. The molecule has 1 N–H and O–H groups in total. The molecule has 0 aliphatic heterocycles. The molecule has 94 valence electrons. The van der Waals surface area contributed by atoms with Crippen molar-refractivity contribution in [2.45, 2.75) is 51.0 Å². The summed E-state index contributed by atoms with van der Waals surface area (Å²) < 4.78 is 0.879. The van der Waals surface area contributed by atoms with E-state index in [-0.39, 0.29) is 0 Å². The summed E-state index contributed by atoms with van der Waals surface area (Å²) in [6.07, 6.45) is 10.8. The molecule has 1 aromatic heterocycles. The Balaban J connectivity index is 2.00. The van der Waals surface area contributed by atoms with Crippen LogP contribution in [0.3, 0.4) is 0 Å². The maximum Gasteiger partial charge on any atom is 0.224 e. The number of halogens is 2. The van der Waals surface area contributed by atoms with Crippen LogP contribution in [0.4, 0.5) is 5.82 Å². The van der Waals surface area contributed by atoms with Crippen molar-refractivity contribution in [2.24, 2.45) is 0 Å². The molecule has 1 fully saturated rings. The van der Waals surface area contributed by atoms with E-state index in [4.69, 9.17) is 11.6 Å². The molecule has 5 heteroatoms. The van der Waals surface area contributed by atoms with Gasteiger partial charge < -0.3 is 5.32 Å². The molecule has 0 bridgehead atoms. The molecule has 1 saturated carbocycles. The average Bonchev–Trinajstić information content (AvgIpc) is 2.27. The minimum atomic E-state index is 0.293. The number of hydrogen-bond donors (Lipinski definition) is 1. The van der Waals surface area contributed by atoms with E-state index in [1.807, 2.05) is 0 Å². The summed E-state index contributed by atoms with van der Waals surface area (Å²) in [5.74, 6) is 0.815. The Bertz CT molecular complexity index is 365. The van der Waals surface area contributed by atoms with E-state index in [0.29, 0.717) is 11.3 Å². The second kappa shape index (κ2) is 6.55. The van der Waals surface area contributed by atoms with E-state index in [9.17, 15) is 0 Å². The maximum atomic E-state index is 5.81. The van der Waals surface area contributed by atoms with Gasteiger partial charge in [-0.1, -0.05) is 32.1 Å². The van der Waals surface area contributed by atoms with Gasteiger partial charge in [-0.25, -0.2) is 4.98 Å². The van der Waals surface area contributed by atoms with Gasteiger partial charge in [0.1, 0.15) is 5.82 Å². The van der Waals surface area contributed by atoms with Crippen molar-refractivity contribution in [3.63, 3.8) is 0 Å². The Hall–Kier alpha value is -0.350. The third-order valence-electron chi connectivity index (χ3n) is 3.16. The molecule has 0 radical (unpaired) electrons. The molecule has 1 aromatic rings. The first-order valence-corrected chi connectivity index (χ1v) is 7.37. The highest BCUT2D eigenvalue weighted by Gasteiger charge is 2.13. The first kappa shape index (κ1) is 13.1. The Labute approximate surface area is 116 Å². The van der Waals surface area contributed by atoms with Gasteiger partial charge in [0.05, 0.1) is 4.47 Å². The Morgan fingerprint density at radius 1 is 1.18 bits per heavy atom. The van der Waals surface area contributed by atoms with Gasteiger partial charge in [-0.2, -0.15) is 4.98 Å². The third kappa shape index (κ3) is 4.11. The van der Waals surface area contributed by atoms with Crippen LogP contribution >= 0.6 is 27.5 Å². The highest BCUT2D eigenvalue weighted by Crippen LogP contribution is 2.25. The minimum absolute atomic E-state index is 0.293. The molecular weight excluding hydrogens is 302 g/mol. The molecule has 0 aromatic carbocycles. The maximum absolute atomic E-state index is 5.81. The van der Waals surface area contributed by atoms with E-state index >= 15 is 0 Å². The van der Waals surface area contributed by atoms with Gasteiger partial charge >= 0.3 is 0 Å². The van der Waals surface area contributed by atoms with Crippen LogP contribution in [0.15, 0.2) is 10.7 Å². The molecule has 0 atom stereocenters. The molecule has 0 saturated heterocycles. The van der Waals surface area contributed by atoms with Gasteiger partial charge in [-0.05, 0) is 40.4 Å². The van der Waals surface area contributed by atoms with Crippen LogP contribution in [0.1, 0.15) is 44.9 Å². The quantitative estimate of drug-likeness (QED) is 0.820. The second-order valence-corrected chi connectivity index (χ2v) is 5.71. The molecule has 0 amide bonds. The molecular formula is C12H17BrClN3. The monoisotopic (exact) mass is 317 g/mol. The van der Waals surface area contributed by atoms with Crippen LogP contribution in [0.25, 0.3) is 0 Å². The highest BCUT2D eigenvalue weighted by molar-refractivity contribution is 9.10. The lowest BCUT2D eigenvalue weighted by atomic mass is 9.97. The lowest BCUT2D eigenvalue weighted by Crippen LogP contribution is -2.21. The number of anilines is 1. The van der Waals surface area contributed by atoms with E-state index in [1.165, 1.54) is 44.9 Å². The van der Waals surface area contributed by atoms with E-state index in [1.54, 1.807) is 6.20 Å². The SMILES string of the molecule is Clc1ncc(Br)c(NC2CCCCCCC2)n1. The molecule has 0 spiro atoms. The fourth-order valence-corrected chi connectivity index (χ4v) is 2.68. The summed E-state index contributed by atoms with van der Waals surface area (Å²) in [4.78, 5) is 8.15. The summed E-state index contributed by atoms with van der Waals surface area (Å²) in [5.41, 5.74) is 0. The summed E-state index contributed by atoms with van der Waals surface area (Å²) in [6.45, 7) is 0. The van der Waals surface area contributed by atoms with Crippen molar-refractivity contribution < 1.29 is 0 Å². The molecule has 1 aliphatic rings. The fourth-order valence-electron chi connectivity index (χ4n) is 2.24. The highest BCUT2D eigenvalue weighted by atomic mass is 79.9. The standard InChI is InChI=1S/C12H17BrClN3/c13-10-8-15-12(14)17-11(10)16-9-6-4-2-1-3-5-7-9/h8-9H,1-7H2,(H,15,16,17). The average molecular weight is 319 g/mol. The van der Waals surface area contributed by atoms with Crippen molar-refractivity contribution >= 4 is 33.3 Å². The topological polar surface area (TPSA) is 37.8 Å². The molecule has 3 nitrogen and oxygen atoms in total. The summed E-state index contributed by atoms with van der Waals surface area (Å²) >= 11 is 9.26. The predicted octanol–water partition coefficient (Wildman–Crippen LogP) is 4.42. The summed E-state index contributed by atoms with van der Waals surface area (Å²) in [6, 6.07) is 0.512. The van der Waals surface area contributed by atoms with Crippen LogP contribution in [-0.4, -0.2) is 16.0 Å². The molecule has 1 aliphatic carbocycles. The lowest BCUT2D eigenvalue weighted by Gasteiger charge is -2.22. The van der Waals surface area contributed by atoms with E-state index in [0.717, 1.165) is 10.3 Å². The van der Waals surface area contributed by atoms with E-state index in [2.05, 4.69) is 31.2 Å². The Morgan fingerprint density at radius 2 is 1.82 bits per heavy atom. The van der Waals surface area contributed by atoms with Crippen molar-refractivity contribution in [1.29, 1.82) is 0 Å². The first-order valence-electron chi connectivity index (χ1n) is 6.20. The van der Waals surface area contributed by atoms with Crippen molar-refractivity contribution in [3.05, 3.63) is 16.0 Å². The lowest BCUT2D eigenvalue weighted by molar-refractivity contribution is 0.470. The minimum Gasteiger partial charge on any atom is -0.366 e. The molecule has 0 unspecified atom stereocenters. The predicted molar refractivity (Wildman–Crippen MR) is 74.5 cm³/mol. The molecule has 1 heterocycles. The van der Waals surface area contributed by atoms with Crippen molar-refractivity contribution in [1.82, 2.24) is 9.97 Å². The van der Waals surface area contributed by atoms with Crippen LogP contribution in [-0.2, 0) is 0 Å². The second-order valence-electron chi connectivity index (χ2n) is 4.52. The van der Waals surface area contributed by atoms with Gasteiger partial charge in [0, 0.05) is 12.2 Å². The zero-order valence-corrected chi connectivity index (χ0v) is 12.1. The van der Waals surface area contributed by atoms with Gasteiger partial charge in [0.2, 0.25) is 5.28 Å². The van der Waals surface area contributed by atoms with Gasteiger partial charge in [0.25, 0.3) is 0 Å². The third-order valence-corrected chi connectivity index (χ3v) is 3.92. The number of nitrogens with one attached hydrogen (secondary N) is 1. The van der Waals surface area contributed by atoms with Gasteiger partial charge in [-0.15, -0.1) is 0 Å². The van der Waals surface area contributed by atoms with Crippen molar-refractivity contribution in [2.75, 3.05) is 5.32 Å². The zero-order valence-electron chi connectivity index (χ0n) is 9.75. The number of rotatable bonds is 2. The van der Waals surface area contributed by atoms with Crippen LogP contribution in [0.2, 0.25) is 5.28 Å². The smallest absolute Gasteiger partial charge is 0.224 e. The van der Waals surface area contributed by atoms with Crippen molar-refractivity contribution in [3.8, 4) is 0 Å². The normalized spacial score (nSPS) is 18.5. The van der Waals surface area contributed by atoms with E-state index < -0.39 is 0 Å². The van der Waals surface area contributed by atoms with Crippen LogP contribution in [0, 0.1) is 0 Å². The largest absolute Gasteiger partial charge is 0.366 e. The Morgan fingerprint density at radius 3 is 2.53 bits per heavy atom. The van der Waals surface area contributed by atoms with Gasteiger partial charge in [-0.3, -0.25) is 0 Å². The number of nitrogens with zero attached hydrogens (tertiary/aromatic N) is 2. The fraction of sp³-hybridized carbons (Fsp3) is 0.667. The molecule has 17 heavy (non-hydrogen) atoms.